The van der Waals surface area contributed by atoms with Crippen molar-refractivity contribution in [3.05, 3.63) is 121 Å². The van der Waals surface area contributed by atoms with Crippen LogP contribution in [0.25, 0.3) is 11.0 Å². The minimum absolute atomic E-state index is 0.0166. The monoisotopic (exact) mass is 593 g/mol. The molecule has 3 aromatic carbocycles. The summed E-state index contributed by atoms with van der Waals surface area (Å²) in [5.41, 5.74) is 0.558. The van der Waals surface area contributed by atoms with E-state index in [4.69, 9.17) is 16.0 Å². The minimum Gasteiger partial charge on any atom is -0.464 e. The summed E-state index contributed by atoms with van der Waals surface area (Å²) >= 11 is 5.93. The quantitative estimate of drug-likeness (QED) is 0.151. The number of nitrogens with zero attached hydrogens (tertiary/aromatic N) is 3. The number of rotatable bonds is 11. The van der Waals surface area contributed by atoms with Gasteiger partial charge in [0, 0.05) is 24.7 Å². The van der Waals surface area contributed by atoms with E-state index in [1.165, 1.54) is 52.5 Å². The van der Waals surface area contributed by atoms with Gasteiger partial charge in [0.1, 0.15) is 23.0 Å². The van der Waals surface area contributed by atoms with Crippen molar-refractivity contribution in [2.45, 2.75) is 33.4 Å². The number of nitro groups is 1. The summed E-state index contributed by atoms with van der Waals surface area (Å²) in [7, 11) is 0. The van der Waals surface area contributed by atoms with Gasteiger partial charge in [-0.05, 0) is 54.3 Å². The maximum absolute atomic E-state index is 13.8. The second-order valence-corrected chi connectivity index (χ2v) is 10.7. The number of carbonyl (C=O) groups excluding carboxylic acids is 2. The van der Waals surface area contributed by atoms with Crippen LogP contribution in [0, 0.1) is 21.8 Å². The van der Waals surface area contributed by atoms with Crippen LogP contribution in [0.3, 0.4) is 0 Å². The molecule has 9 nitrogen and oxygen atoms in total. The van der Waals surface area contributed by atoms with Crippen LogP contribution in [0.4, 0.5) is 10.1 Å². The zero-order valence-electron chi connectivity index (χ0n) is 23.1. The fourth-order valence-corrected chi connectivity index (χ4v) is 4.56. The normalized spacial score (nSPS) is 11.1. The molecule has 0 saturated carbocycles. The second-order valence-electron chi connectivity index (χ2n) is 10.3. The van der Waals surface area contributed by atoms with Crippen molar-refractivity contribution in [2.24, 2.45) is 5.92 Å². The largest absolute Gasteiger partial charge is 0.464 e. The Labute approximate surface area is 246 Å². The fraction of sp³-hybridized carbons (Fsp3) is 0.258. The van der Waals surface area contributed by atoms with Gasteiger partial charge in [0.05, 0.1) is 28.7 Å². The first-order valence-electron chi connectivity index (χ1n) is 13.3. The van der Waals surface area contributed by atoms with E-state index in [9.17, 15) is 28.9 Å². The Morgan fingerprint density at radius 3 is 2.43 bits per heavy atom. The first kappa shape index (κ1) is 30.4. The van der Waals surface area contributed by atoms with Crippen molar-refractivity contribution >= 4 is 40.1 Å². The summed E-state index contributed by atoms with van der Waals surface area (Å²) in [6.07, 6.45) is 1.88. The molecule has 0 fully saturated rings. The SMILES string of the molecule is CC(C)CCN(CC(=O)N(Cc1ccc(F)cc1)Cc1coc2ccccc2c1=O)C(=O)c1ccc(Cl)c([N+](=O)[O-])c1. The van der Waals surface area contributed by atoms with E-state index in [0.29, 0.717) is 23.0 Å². The summed E-state index contributed by atoms with van der Waals surface area (Å²) < 4.78 is 19.2. The molecular formula is C31H29ClFN3O6. The van der Waals surface area contributed by atoms with Gasteiger partial charge in [-0.25, -0.2) is 4.39 Å². The lowest BCUT2D eigenvalue weighted by Crippen LogP contribution is -2.43. The Morgan fingerprint density at radius 2 is 1.74 bits per heavy atom. The molecule has 0 saturated heterocycles. The number of hydrogen-bond acceptors (Lipinski definition) is 6. The highest BCUT2D eigenvalue weighted by Crippen LogP contribution is 2.26. The molecular weight excluding hydrogens is 565 g/mol. The standard InChI is InChI=1S/C31H29ClFN3O6/c1-20(2)13-14-34(31(39)22-9-12-26(32)27(15-22)36(40)41)18-29(37)35(16-21-7-10-24(33)11-8-21)17-23-19-42-28-6-4-3-5-25(28)30(23)38/h3-12,15,19-20H,13-14,16-18H2,1-2H3. The van der Waals surface area contributed by atoms with Gasteiger partial charge in [-0.3, -0.25) is 24.5 Å². The lowest BCUT2D eigenvalue weighted by molar-refractivity contribution is -0.384. The molecule has 42 heavy (non-hydrogen) atoms. The molecule has 0 aliphatic rings. The maximum Gasteiger partial charge on any atom is 0.288 e. The van der Waals surface area contributed by atoms with Crippen LogP contribution in [0.2, 0.25) is 5.02 Å². The van der Waals surface area contributed by atoms with Gasteiger partial charge in [0.15, 0.2) is 5.43 Å². The smallest absolute Gasteiger partial charge is 0.288 e. The van der Waals surface area contributed by atoms with Crippen LogP contribution in [0.15, 0.2) is 82.2 Å². The molecule has 0 spiro atoms. The van der Waals surface area contributed by atoms with E-state index in [1.54, 1.807) is 24.3 Å². The van der Waals surface area contributed by atoms with Crippen molar-refractivity contribution in [2.75, 3.05) is 13.1 Å². The number of nitro benzene ring substituents is 1. The zero-order valence-corrected chi connectivity index (χ0v) is 23.8. The number of fused-ring (bicyclic) bond motifs is 1. The van der Waals surface area contributed by atoms with Gasteiger partial charge < -0.3 is 14.2 Å². The molecule has 0 unspecified atom stereocenters. The molecule has 0 aliphatic heterocycles. The van der Waals surface area contributed by atoms with Gasteiger partial charge in [0.2, 0.25) is 5.91 Å². The highest BCUT2D eigenvalue weighted by atomic mass is 35.5. The van der Waals surface area contributed by atoms with Crippen LogP contribution < -0.4 is 5.43 Å². The van der Waals surface area contributed by atoms with Gasteiger partial charge in [-0.2, -0.15) is 0 Å². The van der Waals surface area contributed by atoms with Crippen molar-refractivity contribution in [1.29, 1.82) is 0 Å². The number of carbonyl (C=O) groups is 2. The summed E-state index contributed by atoms with van der Waals surface area (Å²) in [6, 6.07) is 16.1. The molecule has 1 heterocycles. The molecule has 0 bridgehead atoms. The summed E-state index contributed by atoms with van der Waals surface area (Å²) in [4.78, 5) is 54.0. The Hall–Kier alpha value is -4.57. The van der Waals surface area contributed by atoms with Crippen molar-refractivity contribution in [1.82, 2.24) is 9.80 Å². The molecule has 0 N–H and O–H groups in total. The van der Waals surface area contributed by atoms with Crippen LogP contribution in [0.5, 0.6) is 0 Å². The molecule has 218 valence electrons. The van der Waals surface area contributed by atoms with E-state index in [2.05, 4.69) is 0 Å². The van der Waals surface area contributed by atoms with E-state index in [-0.39, 0.29) is 53.7 Å². The molecule has 0 aliphatic carbocycles. The van der Waals surface area contributed by atoms with Crippen LogP contribution in [-0.2, 0) is 17.9 Å². The first-order valence-corrected chi connectivity index (χ1v) is 13.7. The number of para-hydroxylation sites is 1. The third-order valence-electron chi connectivity index (χ3n) is 6.73. The number of benzene rings is 3. The Kier molecular flexibility index (Phi) is 9.69. The predicted molar refractivity (Wildman–Crippen MR) is 157 cm³/mol. The van der Waals surface area contributed by atoms with Crippen molar-refractivity contribution in [3.8, 4) is 0 Å². The second kappa shape index (κ2) is 13.4. The Bertz CT molecular complexity index is 1670. The predicted octanol–water partition coefficient (Wildman–Crippen LogP) is 6.21. The summed E-state index contributed by atoms with van der Waals surface area (Å²) in [6.45, 7) is 3.70. The summed E-state index contributed by atoms with van der Waals surface area (Å²) in [5.74, 6) is -1.29. The van der Waals surface area contributed by atoms with E-state index in [1.807, 2.05) is 13.8 Å². The number of hydrogen-bond donors (Lipinski definition) is 0. The van der Waals surface area contributed by atoms with Gasteiger partial charge in [0.25, 0.3) is 11.6 Å². The lowest BCUT2D eigenvalue weighted by Gasteiger charge is -2.28. The molecule has 4 aromatic rings. The zero-order chi connectivity index (χ0) is 30.4. The summed E-state index contributed by atoms with van der Waals surface area (Å²) in [5, 5.41) is 11.7. The lowest BCUT2D eigenvalue weighted by atomic mass is 10.1. The molecule has 1 aromatic heterocycles. The van der Waals surface area contributed by atoms with E-state index < -0.39 is 28.2 Å². The average molecular weight is 594 g/mol. The fourth-order valence-electron chi connectivity index (χ4n) is 4.37. The van der Waals surface area contributed by atoms with Crippen LogP contribution in [0.1, 0.15) is 41.8 Å². The average Bonchev–Trinajstić information content (AvgIpc) is 2.97. The Morgan fingerprint density at radius 1 is 1.02 bits per heavy atom. The van der Waals surface area contributed by atoms with Crippen LogP contribution in [-0.4, -0.2) is 39.6 Å². The third-order valence-corrected chi connectivity index (χ3v) is 7.05. The van der Waals surface area contributed by atoms with Gasteiger partial charge in [-0.1, -0.05) is 49.7 Å². The first-order chi connectivity index (χ1) is 20.0. The highest BCUT2D eigenvalue weighted by Gasteiger charge is 2.26. The Balaban J connectivity index is 1.66. The topological polar surface area (TPSA) is 114 Å². The molecule has 11 heteroatoms. The molecule has 0 radical (unpaired) electrons. The molecule has 0 atom stereocenters. The number of amides is 2. The molecule has 2 amide bonds. The van der Waals surface area contributed by atoms with Crippen molar-refractivity contribution < 1.29 is 23.3 Å². The van der Waals surface area contributed by atoms with Gasteiger partial charge >= 0.3 is 0 Å². The number of halogens is 2. The van der Waals surface area contributed by atoms with Crippen molar-refractivity contribution in [3.63, 3.8) is 0 Å². The van der Waals surface area contributed by atoms with Gasteiger partial charge in [-0.15, -0.1) is 0 Å². The highest BCUT2D eigenvalue weighted by molar-refractivity contribution is 6.32. The van der Waals surface area contributed by atoms with E-state index in [0.717, 1.165) is 6.07 Å². The minimum atomic E-state index is -0.678. The molecule has 4 rings (SSSR count). The van der Waals surface area contributed by atoms with E-state index >= 15 is 0 Å². The van der Waals surface area contributed by atoms with Crippen LogP contribution >= 0.6 is 11.6 Å². The third kappa shape index (κ3) is 7.38. The maximum atomic E-state index is 13.8.